The minimum absolute atomic E-state index is 0.204. The summed E-state index contributed by atoms with van der Waals surface area (Å²) >= 11 is 0. The van der Waals surface area contributed by atoms with Crippen molar-refractivity contribution in [3.63, 3.8) is 0 Å². The fourth-order valence-electron chi connectivity index (χ4n) is 2.88. The van der Waals surface area contributed by atoms with E-state index in [4.69, 9.17) is 4.74 Å². The molecule has 2 rings (SSSR count). The van der Waals surface area contributed by atoms with Gasteiger partial charge >= 0.3 is 0 Å². The maximum atomic E-state index is 13.3. The predicted molar refractivity (Wildman–Crippen MR) is 106 cm³/mol. The van der Waals surface area contributed by atoms with Crippen LogP contribution in [-0.2, 0) is 24.2 Å². The van der Waals surface area contributed by atoms with Gasteiger partial charge in [0.1, 0.15) is 5.82 Å². The minimum atomic E-state index is -0.204. The van der Waals surface area contributed by atoms with Crippen molar-refractivity contribution in [2.75, 3.05) is 26.8 Å². The Balaban J connectivity index is 1.97. The summed E-state index contributed by atoms with van der Waals surface area (Å²) in [4.78, 5) is 4.68. The van der Waals surface area contributed by atoms with Crippen LogP contribution in [0, 0.1) is 19.7 Å². The number of rotatable bonds is 9. The van der Waals surface area contributed by atoms with E-state index in [0.29, 0.717) is 19.7 Å². The summed E-state index contributed by atoms with van der Waals surface area (Å²) in [5.41, 5.74) is 4.20. The van der Waals surface area contributed by atoms with E-state index in [1.165, 1.54) is 6.07 Å². The Morgan fingerprint density at radius 2 is 2.11 bits per heavy atom. The van der Waals surface area contributed by atoms with Crippen LogP contribution in [0.25, 0.3) is 0 Å². The number of benzene rings is 1. The zero-order chi connectivity index (χ0) is 19.6. The molecule has 0 bridgehead atoms. The molecule has 2 N–H and O–H groups in total. The van der Waals surface area contributed by atoms with Crippen molar-refractivity contribution in [1.29, 1.82) is 0 Å². The van der Waals surface area contributed by atoms with E-state index in [1.807, 2.05) is 24.6 Å². The smallest absolute Gasteiger partial charge is 0.191 e. The zero-order valence-corrected chi connectivity index (χ0v) is 16.7. The second-order valence-corrected chi connectivity index (χ2v) is 6.37. The molecule has 0 saturated carbocycles. The molecule has 0 spiro atoms. The summed E-state index contributed by atoms with van der Waals surface area (Å²) < 4.78 is 20.4. The molecule has 0 unspecified atom stereocenters. The number of methoxy groups -OCH3 is 1. The molecule has 0 aliphatic carbocycles. The first kappa shape index (κ1) is 20.9. The van der Waals surface area contributed by atoms with Gasteiger partial charge < -0.3 is 15.4 Å². The number of aryl methyl sites for hydroxylation is 1. The Morgan fingerprint density at radius 1 is 1.30 bits per heavy atom. The van der Waals surface area contributed by atoms with Gasteiger partial charge in [0.15, 0.2) is 5.96 Å². The van der Waals surface area contributed by atoms with Crippen molar-refractivity contribution in [1.82, 2.24) is 20.4 Å². The fraction of sp³-hybridized carbons (Fsp3) is 0.500. The Bertz CT molecular complexity index is 757. The number of hydrogen-bond donors (Lipinski definition) is 2. The highest BCUT2D eigenvalue weighted by atomic mass is 19.1. The van der Waals surface area contributed by atoms with Crippen LogP contribution in [0.4, 0.5) is 4.39 Å². The van der Waals surface area contributed by atoms with Gasteiger partial charge in [-0.15, -0.1) is 0 Å². The monoisotopic (exact) mass is 375 g/mol. The lowest BCUT2D eigenvalue weighted by molar-refractivity contribution is 0.182. The Hall–Kier alpha value is -2.41. The number of aliphatic imine (C=N–C) groups is 1. The van der Waals surface area contributed by atoms with Crippen LogP contribution in [0.5, 0.6) is 0 Å². The van der Waals surface area contributed by atoms with Gasteiger partial charge in [-0.2, -0.15) is 5.10 Å². The highest BCUT2D eigenvalue weighted by molar-refractivity contribution is 5.79. The molecule has 0 fully saturated rings. The summed E-state index contributed by atoms with van der Waals surface area (Å²) in [6.45, 7) is 9.48. The number of nitrogens with one attached hydrogen (secondary N) is 2. The van der Waals surface area contributed by atoms with Gasteiger partial charge in [-0.05, 0) is 44.9 Å². The largest absolute Gasteiger partial charge is 0.383 e. The topological polar surface area (TPSA) is 63.5 Å². The van der Waals surface area contributed by atoms with E-state index in [1.54, 1.807) is 19.2 Å². The number of guanidine groups is 1. The quantitative estimate of drug-likeness (QED) is 0.522. The SMILES string of the molecule is CCNC(=NCc1c(C)nn(CCOC)c1C)NCCc1cccc(F)c1. The van der Waals surface area contributed by atoms with Crippen molar-refractivity contribution in [2.45, 2.75) is 40.3 Å². The zero-order valence-electron chi connectivity index (χ0n) is 16.7. The molecule has 27 heavy (non-hydrogen) atoms. The molecule has 0 saturated heterocycles. The van der Waals surface area contributed by atoms with Crippen LogP contribution in [0.15, 0.2) is 29.3 Å². The third kappa shape index (κ3) is 6.36. The third-order valence-corrected chi connectivity index (χ3v) is 4.37. The molecule has 0 aliphatic rings. The highest BCUT2D eigenvalue weighted by Gasteiger charge is 2.11. The lowest BCUT2D eigenvalue weighted by atomic mass is 10.1. The van der Waals surface area contributed by atoms with Crippen molar-refractivity contribution >= 4 is 5.96 Å². The van der Waals surface area contributed by atoms with Crippen molar-refractivity contribution in [3.05, 3.63) is 52.6 Å². The Labute approximate surface area is 160 Å². The number of hydrogen-bond acceptors (Lipinski definition) is 3. The first-order valence-electron chi connectivity index (χ1n) is 9.33. The van der Waals surface area contributed by atoms with Crippen LogP contribution in [-0.4, -0.2) is 42.5 Å². The van der Waals surface area contributed by atoms with Gasteiger partial charge in [0, 0.05) is 31.5 Å². The molecular formula is C20H30FN5O. The van der Waals surface area contributed by atoms with E-state index in [0.717, 1.165) is 48.0 Å². The molecular weight excluding hydrogens is 345 g/mol. The maximum absolute atomic E-state index is 13.3. The van der Waals surface area contributed by atoms with Crippen LogP contribution < -0.4 is 10.6 Å². The average molecular weight is 375 g/mol. The molecule has 148 valence electrons. The minimum Gasteiger partial charge on any atom is -0.383 e. The Kier molecular flexibility index (Phi) is 8.26. The molecule has 0 aliphatic heterocycles. The van der Waals surface area contributed by atoms with E-state index >= 15 is 0 Å². The number of nitrogens with zero attached hydrogens (tertiary/aromatic N) is 3. The van der Waals surface area contributed by atoms with Crippen LogP contribution in [0.2, 0.25) is 0 Å². The molecule has 1 aromatic heterocycles. The summed E-state index contributed by atoms with van der Waals surface area (Å²) in [6, 6.07) is 6.68. The molecule has 1 aromatic carbocycles. The highest BCUT2D eigenvalue weighted by Crippen LogP contribution is 2.14. The lowest BCUT2D eigenvalue weighted by Crippen LogP contribution is -2.38. The van der Waals surface area contributed by atoms with Gasteiger partial charge in [0.05, 0.1) is 25.4 Å². The molecule has 6 nitrogen and oxygen atoms in total. The van der Waals surface area contributed by atoms with E-state index < -0.39 is 0 Å². The first-order valence-corrected chi connectivity index (χ1v) is 9.33. The van der Waals surface area contributed by atoms with Gasteiger partial charge in [0.25, 0.3) is 0 Å². The molecule has 1 heterocycles. The average Bonchev–Trinajstić information content (AvgIpc) is 2.91. The summed E-state index contributed by atoms with van der Waals surface area (Å²) in [5, 5.41) is 11.1. The van der Waals surface area contributed by atoms with Crippen LogP contribution in [0.1, 0.15) is 29.4 Å². The normalized spacial score (nSPS) is 11.7. The summed E-state index contributed by atoms with van der Waals surface area (Å²) in [7, 11) is 1.69. The number of ether oxygens (including phenoxy) is 1. The molecule has 7 heteroatoms. The van der Waals surface area contributed by atoms with Crippen molar-refractivity contribution < 1.29 is 9.13 Å². The fourth-order valence-corrected chi connectivity index (χ4v) is 2.88. The van der Waals surface area contributed by atoms with Gasteiger partial charge in [-0.3, -0.25) is 4.68 Å². The number of aromatic nitrogens is 2. The van der Waals surface area contributed by atoms with Crippen molar-refractivity contribution in [2.24, 2.45) is 4.99 Å². The molecule has 0 atom stereocenters. The van der Waals surface area contributed by atoms with E-state index in [2.05, 4.69) is 27.6 Å². The van der Waals surface area contributed by atoms with Gasteiger partial charge in [0.2, 0.25) is 0 Å². The first-order chi connectivity index (χ1) is 13.0. The summed E-state index contributed by atoms with van der Waals surface area (Å²) in [5.74, 6) is 0.543. The second kappa shape index (κ2) is 10.7. The van der Waals surface area contributed by atoms with Crippen LogP contribution >= 0.6 is 0 Å². The van der Waals surface area contributed by atoms with Crippen molar-refractivity contribution in [3.8, 4) is 0 Å². The summed E-state index contributed by atoms with van der Waals surface area (Å²) in [6.07, 6.45) is 0.731. The predicted octanol–water partition coefficient (Wildman–Crippen LogP) is 2.58. The van der Waals surface area contributed by atoms with E-state index in [9.17, 15) is 4.39 Å². The Morgan fingerprint density at radius 3 is 2.81 bits per heavy atom. The van der Waals surface area contributed by atoms with Gasteiger partial charge in [-0.1, -0.05) is 12.1 Å². The maximum Gasteiger partial charge on any atom is 0.191 e. The van der Waals surface area contributed by atoms with Crippen LogP contribution in [0.3, 0.4) is 0 Å². The number of halogens is 1. The third-order valence-electron chi connectivity index (χ3n) is 4.37. The van der Waals surface area contributed by atoms with Gasteiger partial charge in [-0.25, -0.2) is 9.38 Å². The molecule has 2 aromatic rings. The molecule has 0 radical (unpaired) electrons. The molecule has 0 amide bonds. The standard InChI is InChI=1S/C20H30FN5O/c1-5-22-20(23-10-9-17-7-6-8-18(21)13-17)24-14-19-15(2)25-26(16(19)3)11-12-27-4/h6-8,13H,5,9-12,14H2,1-4H3,(H2,22,23,24). The lowest BCUT2D eigenvalue weighted by Gasteiger charge is -2.11. The second-order valence-electron chi connectivity index (χ2n) is 6.37. The van der Waals surface area contributed by atoms with E-state index in [-0.39, 0.29) is 5.82 Å².